The maximum absolute atomic E-state index is 9.38. The number of hydrogen-bond donors (Lipinski definition) is 0. The molecule has 2 aromatic carbocycles. The first-order chi connectivity index (χ1) is 14.3. The minimum absolute atomic E-state index is 0.604. The summed E-state index contributed by atoms with van der Waals surface area (Å²) in [7, 11) is 0. The molecule has 29 heavy (non-hydrogen) atoms. The van der Waals surface area contributed by atoms with Crippen LogP contribution in [0.5, 0.6) is 0 Å². The van der Waals surface area contributed by atoms with Crippen molar-refractivity contribution < 1.29 is 0 Å². The number of nitrogens with zero attached hydrogens (tertiary/aromatic N) is 5. The third-order valence-corrected chi connectivity index (χ3v) is 6.44. The molecule has 0 bridgehead atoms. The normalized spacial score (nSPS) is 21.9. The predicted molar refractivity (Wildman–Crippen MR) is 112 cm³/mol. The van der Waals surface area contributed by atoms with Gasteiger partial charge in [-0.3, -0.25) is 9.80 Å². The quantitative estimate of drug-likeness (QED) is 0.676. The van der Waals surface area contributed by atoms with Gasteiger partial charge in [0.15, 0.2) is 0 Å². The number of benzene rings is 2. The first-order valence-electron chi connectivity index (χ1n) is 10.4. The summed E-state index contributed by atoms with van der Waals surface area (Å²) >= 11 is 0. The van der Waals surface area contributed by atoms with Crippen molar-refractivity contribution in [3.63, 3.8) is 0 Å². The van der Waals surface area contributed by atoms with Crippen LogP contribution < -0.4 is 0 Å². The van der Waals surface area contributed by atoms with Crippen LogP contribution in [0.1, 0.15) is 29.5 Å². The fourth-order valence-electron chi connectivity index (χ4n) is 4.96. The second kappa shape index (κ2) is 7.82. The van der Waals surface area contributed by atoms with Crippen LogP contribution in [-0.2, 0) is 13.1 Å². The summed E-state index contributed by atoms with van der Waals surface area (Å²) in [4.78, 5) is 9.35. The molecule has 0 spiro atoms. The molecule has 5 heteroatoms. The standard InChI is InChI=1S/C24H25N5/c25-15-20-3-1-2-4-21(20)17-28-13-10-23-24(28)9-12-27(23)16-19-5-7-22(8-6-19)29-14-11-26-18-29/h1-8,11,14,18,23-24H,9-10,12-13,16-17H2/t23-,24-/m0/s1. The molecule has 2 atom stereocenters. The van der Waals surface area contributed by atoms with Crippen LogP contribution in [0.4, 0.5) is 0 Å². The third kappa shape index (κ3) is 3.57. The molecule has 0 unspecified atom stereocenters. The first kappa shape index (κ1) is 18.1. The van der Waals surface area contributed by atoms with Gasteiger partial charge in [0.05, 0.1) is 18.0 Å². The van der Waals surface area contributed by atoms with Crippen LogP contribution in [0.25, 0.3) is 5.69 Å². The maximum Gasteiger partial charge on any atom is 0.0995 e. The maximum atomic E-state index is 9.38. The third-order valence-electron chi connectivity index (χ3n) is 6.44. The van der Waals surface area contributed by atoms with Gasteiger partial charge in [-0.2, -0.15) is 5.26 Å². The van der Waals surface area contributed by atoms with Crippen molar-refractivity contribution >= 4 is 0 Å². The monoisotopic (exact) mass is 383 g/mol. The van der Waals surface area contributed by atoms with E-state index < -0.39 is 0 Å². The van der Waals surface area contributed by atoms with Crippen molar-refractivity contribution in [2.45, 2.75) is 38.0 Å². The van der Waals surface area contributed by atoms with E-state index in [-0.39, 0.29) is 0 Å². The number of likely N-dealkylation sites (tertiary alicyclic amines) is 2. The van der Waals surface area contributed by atoms with Crippen LogP contribution >= 0.6 is 0 Å². The summed E-state index contributed by atoms with van der Waals surface area (Å²) < 4.78 is 2.03. The van der Waals surface area contributed by atoms with Gasteiger partial charge in [-0.25, -0.2) is 4.98 Å². The van der Waals surface area contributed by atoms with E-state index >= 15 is 0 Å². The Kier molecular flexibility index (Phi) is 4.89. The molecule has 0 saturated carbocycles. The van der Waals surface area contributed by atoms with Crippen molar-refractivity contribution in [1.82, 2.24) is 19.4 Å². The van der Waals surface area contributed by atoms with Crippen molar-refractivity contribution in [2.75, 3.05) is 13.1 Å². The van der Waals surface area contributed by atoms with Gasteiger partial charge < -0.3 is 4.57 Å². The Hall–Kier alpha value is -2.94. The second-order valence-corrected chi connectivity index (χ2v) is 8.06. The molecule has 5 nitrogen and oxygen atoms in total. The Labute approximate surface area is 171 Å². The molecule has 0 aliphatic carbocycles. The Morgan fingerprint density at radius 2 is 1.66 bits per heavy atom. The van der Waals surface area contributed by atoms with Crippen LogP contribution in [0.3, 0.4) is 0 Å². The summed E-state index contributed by atoms with van der Waals surface area (Å²) in [5.41, 5.74) is 4.48. The van der Waals surface area contributed by atoms with E-state index in [0.29, 0.717) is 12.1 Å². The summed E-state index contributed by atoms with van der Waals surface area (Å²) in [5, 5.41) is 9.38. The molecule has 0 radical (unpaired) electrons. The number of rotatable bonds is 5. The van der Waals surface area contributed by atoms with Gasteiger partial charge in [0, 0.05) is 56.3 Å². The van der Waals surface area contributed by atoms with Gasteiger partial charge in [0.1, 0.15) is 0 Å². The highest BCUT2D eigenvalue weighted by atomic mass is 15.3. The predicted octanol–water partition coefficient (Wildman–Crippen LogP) is 3.59. The molecule has 146 valence electrons. The van der Waals surface area contributed by atoms with Gasteiger partial charge in [-0.15, -0.1) is 0 Å². The molecular weight excluding hydrogens is 358 g/mol. The van der Waals surface area contributed by atoms with E-state index in [9.17, 15) is 5.26 Å². The van der Waals surface area contributed by atoms with Crippen molar-refractivity contribution in [1.29, 1.82) is 5.26 Å². The van der Waals surface area contributed by atoms with Gasteiger partial charge in [0.25, 0.3) is 0 Å². The lowest BCUT2D eigenvalue weighted by Gasteiger charge is -2.26. The lowest BCUT2D eigenvalue weighted by Crippen LogP contribution is -2.36. The Morgan fingerprint density at radius 1 is 0.931 bits per heavy atom. The SMILES string of the molecule is N#Cc1ccccc1CN1CC[C@H]2[C@@H]1CCN2Cc1ccc(-n2ccnc2)cc1. The molecule has 2 saturated heterocycles. The van der Waals surface area contributed by atoms with Crippen molar-refractivity contribution in [3.8, 4) is 11.8 Å². The zero-order valence-electron chi connectivity index (χ0n) is 16.5. The van der Waals surface area contributed by atoms with E-state index in [2.05, 4.69) is 51.2 Å². The highest BCUT2D eigenvalue weighted by Crippen LogP contribution is 2.34. The molecule has 0 amide bonds. The van der Waals surface area contributed by atoms with Gasteiger partial charge in [0.2, 0.25) is 0 Å². The summed E-state index contributed by atoms with van der Waals surface area (Å²) in [5.74, 6) is 0. The minimum Gasteiger partial charge on any atom is -0.306 e. The molecule has 2 aliphatic heterocycles. The summed E-state index contributed by atoms with van der Waals surface area (Å²) in [6.45, 7) is 4.16. The zero-order chi connectivity index (χ0) is 19.6. The van der Waals surface area contributed by atoms with Crippen LogP contribution in [-0.4, -0.2) is 44.5 Å². The highest BCUT2D eigenvalue weighted by Gasteiger charge is 2.42. The highest BCUT2D eigenvalue weighted by molar-refractivity contribution is 5.37. The molecule has 5 rings (SSSR count). The molecular formula is C24H25N5. The van der Waals surface area contributed by atoms with E-state index in [1.807, 2.05) is 35.3 Å². The van der Waals surface area contributed by atoms with Crippen LogP contribution in [0.15, 0.2) is 67.3 Å². The number of fused-ring (bicyclic) bond motifs is 1. The topological polar surface area (TPSA) is 48.1 Å². The second-order valence-electron chi connectivity index (χ2n) is 8.06. The Balaban J connectivity index is 1.24. The average molecular weight is 383 g/mol. The molecule has 3 heterocycles. The molecule has 1 aromatic heterocycles. The smallest absolute Gasteiger partial charge is 0.0995 e. The molecule has 0 N–H and O–H groups in total. The van der Waals surface area contributed by atoms with E-state index in [1.165, 1.54) is 18.4 Å². The lowest BCUT2D eigenvalue weighted by molar-refractivity contribution is 0.212. The van der Waals surface area contributed by atoms with Crippen LogP contribution in [0, 0.1) is 11.3 Å². The van der Waals surface area contributed by atoms with Crippen molar-refractivity contribution in [2.24, 2.45) is 0 Å². The van der Waals surface area contributed by atoms with Crippen molar-refractivity contribution in [3.05, 3.63) is 83.9 Å². The average Bonchev–Trinajstić information content (AvgIpc) is 3.50. The Morgan fingerprint density at radius 3 is 2.34 bits per heavy atom. The van der Waals surface area contributed by atoms with E-state index in [0.717, 1.165) is 43.0 Å². The van der Waals surface area contributed by atoms with Gasteiger partial charge >= 0.3 is 0 Å². The lowest BCUT2D eigenvalue weighted by atomic mass is 10.1. The van der Waals surface area contributed by atoms with Gasteiger partial charge in [-0.1, -0.05) is 30.3 Å². The summed E-state index contributed by atoms with van der Waals surface area (Å²) in [6, 6.07) is 20.4. The fourth-order valence-corrected chi connectivity index (χ4v) is 4.96. The Bertz CT molecular complexity index is 1000. The minimum atomic E-state index is 0.604. The fraction of sp³-hybridized carbons (Fsp3) is 0.333. The van der Waals surface area contributed by atoms with E-state index in [4.69, 9.17) is 0 Å². The zero-order valence-corrected chi connectivity index (χ0v) is 16.5. The molecule has 3 aromatic rings. The number of imidazole rings is 1. The largest absolute Gasteiger partial charge is 0.306 e. The number of nitriles is 1. The van der Waals surface area contributed by atoms with Crippen LogP contribution in [0.2, 0.25) is 0 Å². The van der Waals surface area contributed by atoms with E-state index in [1.54, 1.807) is 6.20 Å². The van der Waals surface area contributed by atoms with Gasteiger partial charge in [-0.05, 0) is 42.2 Å². The molecule has 2 aliphatic rings. The first-order valence-corrected chi connectivity index (χ1v) is 10.4. The number of hydrogen-bond acceptors (Lipinski definition) is 4. The number of aromatic nitrogens is 2. The summed E-state index contributed by atoms with van der Waals surface area (Å²) in [6.07, 6.45) is 8.04. The molecule has 2 fully saturated rings.